The standard InChI is InChI=1S/C23H27Cl2FN2O3/c1-22(2,3)11-17-23(27,14-9-8-12(24)10-16(14)31-4)18(20(28-17)21(29)30)13-6-5-7-15(25)19(13)26/h5-10,17-18,20,28H,11,27H2,1-4H3,(H,29,30). The average Bonchev–Trinajstić information content (AvgIpc) is 2.95. The van der Waals surface area contributed by atoms with Crippen LogP contribution in [0.3, 0.4) is 0 Å². The van der Waals surface area contributed by atoms with Gasteiger partial charge in [0.15, 0.2) is 0 Å². The molecule has 3 rings (SSSR count). The molecular formula is C23H27Cl2FN2O3. The summed E-state index contributed by atoms with van der Waals surface area (Å²) >= 11 is 12.2. The average molecular weight is 469 g/mol. The normalized spacial score (nSPS) is 26.1. The quantitative estimate of drug-likeness (QED) is 0.578. The zero-order valence-electron chi connectivity index (χ0n) is 17.9. The van der Waals surface area contributed by atoms with Crippen LogP contribution in [-0.4, -0.2) is 30.3 Å². The molecule has 5 nitrogen and oxygen atoms in total. The van der Waals surface area contributed by atoms with E-state index in [9.17, 15) is 9.90 Å². The Morgan fingerprint density at radius 2 is 1.97 bits per heavy atom. The van der Waals surface area contributed by atoms with E-state index < -0.39 is 35.3 Å². The largest absolute Gasteiger partial charge is 0.496 e. The van der Waals surface area contributed by atoms with E-state index in [1.54, 1.807) is 24.3 Å². The number of ether oxygens (including phenoxy) is 1. The van der Waals surface area contributed by atoms with Crippen LogP contribution in [0.25, 0.3) is 0 Å². The third-order valence-corrected chi connectivity index (χ3v) is 6.36. The fraction of sp³-hybridized carbons (Fsp3) is 0.435. The van der Waals surface area contributed by atoms with Gasteiger partial charge in [0.2, 0.25) is 0 Å². The van der Waals surface area contributed by atoms with Crippen molar-refractivity contribution in [1.82, 2.24) is 5.32 Å². The summed E-state index contributed by atoms with van der Waals surface area (Å²) in [6.07, 6.45) is 0.539. The summed E-state index contributed by atoms with van der Waals surface area (Å²) in [5.74, 6) is -2.34. The minimum absolute atomic E-state index is 0.0914. The Balaban J connectivity index is 2.33. The van der Waals surface area contributed by atoms with Crippen molar-refractivity contribution in [2.24, 2.45) is 11.1 Å². The maximum atomic E-state index is 15.2. The number of methoxy groups -OCH3 is 1. The first-order chi connectivity index (χ1) is 14.4. The van der Waals surface area contributed by atoms with Crippen molar-refractivity contribution < 1.29 is 19.0 Å². The van der Waals surface area contributed by atoms with Crippen molar-refractivity contribution in [2.75, 3.05) is 7.11 Å². The van der Waals surface area contributed by atoms with E-state index in [0.29, 0.717) is 22.8 Å². The minimum atomic E-state index is -1.32. The third kappa shape index (κ3) is 4.40. The Kier molecular flexibility index (Phi) is 6.59. The van der Waals surface area contributed by atoms with Gasteiger partial charge < -0.3 is 15.6 Å². The van der Waals surface area contributed by atoms with Crippen LogP contribution < -0.4 is 15.8 Å². The van der Waals surface area contributed by atoms with E-state index in [1.165, 1.54) is 19.2 Å². The first kappa shape index (κ1) is 23.8. The van der Waals surface area contributed by atoms with Crippen molar-refractivity contribution in [3.63, 3.8) is 0 Å². The van der Waals surface area contributed by atoms with Gasteiger partial charge in [0.1, 0.15) is 17.6 Å². The van der Waals surface area contributed by atoms with Gasteiger partial charge in [-0.05, 0) is 35.6 Å². The highest BCUT2D eigenvalue weighted by molar-refractivity contribution is 6.31. The highest BCUT2D eigenvalue weighted by Crippen LogP contribution is 2.51. The van der Waals surface area contributed by atoms with E-state index in [2.05, 4.69) is 5.32 Å². The topological polar surface area (TPSA) is 84.6 Å². The number of nitrogens with two attached hydrogens (primary N) is 1. The number of carboxylic acid groups (broad SMARTS) is 1. The molecule has 1 heterocycles. The second kappa shape index (κ2) is 8.58. The number of hydrogen-bond acceptors (Lipinski definition) is 4. The Labute approximate surface area is 191 Å². The first-order valence-electron chi connectivity index (χ1n) is 9.95. The van der Waals surface area contributed by atoms with E-state index in [-0.39, 0.29) is 16.0 Å². The molecule has 0 spiro atoms. The summed E-state index contributed by atoms with van der Waals surface area (Å²) in [5, 5.41) is 13.6. The number of carbonyl (C=O) groups is 1. The van der Waals surface area contributed by atoms with E-state index in [0.717, 1.165) is 0 Å². The van der Waals surface area contributed by atoms with Crippen LogP contribution in [0.15, 0.2) is 36.4 Å². The molecule has 168 valence electrons. The number of benzene rings is 2. The van der Waals surface area contributed by atoms with E-state index in [1.807, 2.05) is 20.8 Å². The van der Waals surface area contributed by atoms with Crippen LogP contribution in [0.1, 0.15) is 44.2 Å². The molecule has 2 aromatic carbocycles. The summed E-state index contributed by atoms with van der Waals surface area (Å²) in [6.45, 7) is 6.12. The number of hydrogen-bond donors (Lipinski definition) is 3. The number of rotatable bonds is 5. The SMILES string of the molecule is COc1cc(Cl)ccc1C1(N)C(CC(C)(C)C)NC(C(=O)O)C1c1cccc(Cl)c1F. The molecule has 4 N–H and O–H groups in total. The summed E-state index contributed by atoms with van der Waals surface area (Å²) in [7, 11) is 1.49. The zero-order valence-corrected chi connectivity index (χ0v) is 19.4. The molecule has 4 atom stereocenters. The van der Waals surface area contributed by atoms with Gasteiger partial charge >= 0.3 is 5.97 Å². The molecule has 8 heteroatoms. The highest BCUT2D eigenvalue weighted by atomic mass is 35.5. The fourth-order valence-corrected chi connectivity index (χ4v) is 4.92. The Morgan fingerprint density at radius 1 is 1.29 bits per heavy atom. The Morgan fingerprint density at radius 3 is 2.55 bits per heavy atom. The van der Waals surface area contributed by atoms with Crippen LogP contribution in [0, 0.1) is 11.2 Å². The molecule has 0 bridgehead atoms. The van der Waals surface area contributed by atoms with Gasteiger partial charge in [-0.3, -0.25) is 10.1 Å². The van der Waals surface area contributed by atoms with Crippen LogP contribution in [0.5, 0.6) is 5.75 Å². The molecule has 0 aromatic heterocycles. The Hall–Kier alpha value is -1.86. The van der Waals surface area contributed by atoms with Gasteiger partial charge in [-0.15, -0.1) is 0 Å². The molecule has 1 aliphatic heterocycles. The highest BCUT2D eigenvalue weighted by Gasteiger charge is 2.58. The molecule has 4 unspecified atom stereocenters. The van der Waals surface area contributed by atoms with Gasteiger partial charge in [-0.1, -0.05) is 62.2 Å². The molecule has 0 radical (unpaired) electrons. The zero-order chi connectivity index (χ0) is 23.1. The van der Waals surface area contributed by atoms with Crippen LogP contribution in [0.2, 0.25) is 10.0 Å². The number of aliphatic carboxylic acids is 1. The summed E-state index contributed by atoms with van der Waals surface area (Å²) in [6, 6.07) is 7.94. The fourth-order valence-electron chi connectivity index (χ4n) is 4.57. The van der Waals surface area contributed by atoms with Gasteiger partial charge in [0.25, 0.3) is 0 Å². The van der Waals surface area contributed by atoms with Crippen molar-refractivity contribution in [3.05, 3.63) is 63.4 Å². The molecule has 2 aromatic rings. The van der Waals surface area contributed by atoms with Crippen LogP contribution in [-0.2, 0) is 10.3 Å². The molecule has 1 fully saturated rings. The molecular weight excluding hydrogens is 442 g/mol. The predicted octanol–water partition coefficient (Wildman–Crippen LogP) is 4.94. The second-order valence-corrected chi connectivity index (χ2v) is 10.0. The molecule has 1 saturated heterocycles. The molecule has 0 amide bonds. The van der Waals surface area contributed by atoms with Crippen LogP contribution >= 0.6 is 23.2 Å². The summed E-state index contributed by atoms with van der Waals surface area (Å²) < 4.78 is 20.8. The van der Waals surface area contributed by atoms with Crippen molar-refractivity contribution in [1.29, 1.82) is 0 Å². The lowest BCUT2D eigenvalue weighted by molar-refractivity contribution is -0.139. The lowest BCUT2D eigenvalue weighted by atomic mass is 9.68. The molecule has 0 aliphatic carbocycles. The molecule has 0 saturated carbocycles. The van der Waals surface area contributed by atoms with Gasteiger partial charge in [0.05, 0.1) is 17.7 Å². The first-order valence-corrected chi connectivity index (χ1v) is 10.7. The molecule has 1 aliphatic rings. The van der Waals surface area contributed by atoms with Gasteiger partial charge in [-0.2, -0.15) is 0 Å². The summed E-state index contributed by atoms with van der Waals surface area (Å²) in [5.41, 5.74) is 6.31. The minimum Gasteiger partial charge on any atom is -0.496 e. The predicted molar refractivity (Wildman–Crippen MR) is 120 cm³/mol. The smallest absolute Gasteiger partial charge is 0.321 e. The van der Waals surface area contributed by atoms with Crippen LogP contribution in [0.4, 0.5) is 4.39 Å². The van der Waals surface area contributed by atoms with Gasteiger partial charge in [0, 0.05) is 22.5 Å². The number of carboxylic acids is 1. The Bertz CT molecular complexity index is 995. The van der Waals surface area contributed by atoms with Crippen molar-refractivity contribution in [2.45, 2.75) is 50.7 Å². The maximum Gasteiger partial charge on any atom is 0.321 e. The molecule has 31 heavy (non-hydrogen) atoms. The van der Waals surface area contributed by atoms with Crippen molar-refractivity contribution in [3.8, 4) is 5.75 Å². The monoisotopic (exact) mass is 468 g/mol. The number of halogens is 3. The summed E-state index contributed by atoms with van der Waals surface area (Å²) in [4.78, 5) is 12.3. The second-order valence-electron chi connectivity index (χ2n) is 9.20. The third-order valence-electron chi connectivity index (χ3n) is 5.83. The van der Waals surface area contributed by atoms with Crippen molar-refractivity contribution >= 4 is 29.2 Å². The van der Waals surface area contributed by atoms with Gasteiger partial charge in [-0.25, -0.2) is 4.39 Å². The van der Waals surface area contributed by atoms with E-state index in [4.69, 9.17) is 33.7 Å². The number of nitrogens with one attached hydrogen (secondary N) is 1. The maximum absolute atomic E-state index is 15.2. The lowest BCUT2D eigenvalue weighted by Gasteiger charge is -2.40. The van der Waals surface area contributed by atoms with E-state index >= 15 is 4.39 Å². The lowest BCUT2D eigenvalue weighted by Crippen LogP contribution is -2.52.